The van der Waals surface area contributed by atoms with Crippen LogP contribution in [-0.4, -0.2) is 20.7 Å². The van der Waals surface area contributed by atoms with Crippen molar-refractivity contribution < 1.29 is 14.6 Å². The number of non-ortho nitro benzene ring substituents is 2. The zero-order valence-corrected chi connectivity index (χ0v) is 16.3. The van der Waals surface area contributed by atoms with E-state index in [9.17, 15) is 25.0 Å². The van der Waals surface area contributed by atoms with Crippen LogP contribution in [-0.2, 0) is 0 Å². The quantitative estimate of drug-likeness (QED) is 0.264. The Hall–Kier alpha value is -4.31. The van der Waals surface area contributed by atoms with Crippen LogP contribution in [0.1, 0.15) is 10.4 Å². The van der Waals surface area contributed by atoms with Crippen LogP contribution in [0.15, 0.2) is 60.7 Å². The van der Waals surface area contributed by atoms with Crippen LogP contribution in [0.25, 0.3) is 21.8 Å². The molecule has 3 aromatic carbocycles. The summed E-state index contributed by atoms with van der Waals surface area (Å²) in [6.07, 6.45) is 0. The van der Waals surface area contributed by atoms with Gasteiger partial charge in [0.05, 0.1) is 43.2 Å². The number of nitrogens with one attached hydrogen (secondary N) is 2. The molecule has 0 saturated carbocycles. The van der Waals surface area contributed by atoms with Gasteiger partial charge < -0.3 is 0 Å². The minimum absolute atomic E-state index is 0.248. The first kappa shape index (κ1) is 20.0. The zero-order chi connectivity index (χ0) is 22.1. The normalized spacial score (nSPS) is 10.7. The lowest BCUT2D eigenvalue weighted by Gasteiger charge is -2.15. The zero-order valence-electron chi connectivity index (χ0n) is 15.5. The Morgan fingerprint density at radius 1 is 0.903 bits per heavy atom. The summed E-state index contributed by atoms with van der Waals surface area (Å²) in [6, 6.07) is 15.1. The van der Waals surface area contributed by atoms with E-state index in [1.165, 1.54) is 0 Å². The minimum atomic E-state index is -0.805. The van der Waals surface area contributed by atoms with Gasteiger partial charge in [-0.15, -0.1) is 0 Å². The van der Waals surface area contributed by atoms with Gasteiger partial charge in [-0.05, 0) is 18.2 Å². The molecule has 0 unspecified atom stereocenters. The van der Waals surface area contributed by atoms with Crippen LogP contribution in [0.4, 0.5) is 17.1 Å². The summed E-state index contributed by atoms with van der Waals surface area (Å²) in [7, 11) is 0. The Kier molecular flexibility index (Phi) is 5.05. The second-order valence-electron chi connectivity index (χ2n) is 6.47. The monoisotopic (exact) mass is 437 g/mol. The molecule has 154 valence electrons. The third-order valence-electron chi connectivity index (χ3n) is 4.54. The van der Waals surface area contributed by atoms with E-state index in [0.29, 0.717) is 32.5 Å². The van der Waals surface area contributed by atoms with Crippen LogP contribution >= 0.6 is 11.6 Å². The molecule has 2 N–H and O–H groups in total. The van der Waals surface area contributed by atoms with Gasteiger partial charge in [0.2, 0.25) is 0 Å². The van der Waals surface area contributed by atoms with E-state index in [1.54, 1.807) is 36.4 Å². The number of amides is 1. The highest BCUT2D eigenvalue weighted by Crippen LogP contribution is 2.35. The maximum absolute atomic E-state index is 12.7. The fourth-order valence-corrected chi connectivity index (χ4v) is 3.42. The summed E-state index contributed by atoms with van der Waals surface area (Å²) in [5, 5.41) is 23.8. The average molecular weight is 438 g/mol. The lowest BCUT2D eigenvalue weighted by molar-refractivity contribution is -0.394. The Bertz CT molecular complexity index is 1360. The van der Waals surface area contributed by atoms with E-state index in [2.05, 4.69) is 15.8 Å². The third-order valence-corrected chi connectivity index (χ3v) is 4.86. The third kappa shape index (κ3) is 3.79. The number of hydrogen-bond acceptors (Lipinski definition) is 7. The molecule has 0 aliphatic rings. The summed E-state index contributed by atoms with van der Waals surface area (Å²) in [4.78, 5) is 37.8. The lowest BCUT2D eigenvalue weighted by Crippen LogP contribution is -2.29. The maximum atomic E-state index is 12.7. The number of carbonyl (C=O) groups excluding carboxylic acids is 1. The number of aromatic nitrogens is 1. The Labute approximate surface area is 178 Å². The van der Waals surface area contributed by atoms with Gasteiger partial charge in [0.25, 0.3) is 17.3 Å². The number of nitrogens with zero attached hydrogens (tertiary/aromatic N) is 3. The number of anilines is 1. The number of hydrazine groups is 1. The summed E-state index contributed by atoms with van der Waals surface area (Å²) < 4.78 is 0. The highest BCUT2D eigenvalue weighted by molar-refractivity contribution is 6.37. The van der Waals surface area contributed by atoms with Gasteiger partial charge in [-0.1, -0.05) is 35.9 Å². The predicted octanol–water partition coefficient (Wildman–Crippen LogP) is 4.61. The molecule has 10 nitrogen and oxygen atoms in total. The summed E-state index contributed by atoms with van der Waals surface area (Å²) >= 11 is 6.36. The molecule has 1 aromatic heterocycles. The number of nitro groups is 2. The highest BCUT2D eigenvalue weighted by Gasteiger charge is 2.20. The minimum Gasteiger partial charge on any atom is -0.297 e. The van der Waals surface area contributed by atoms with Crippen LogP contribution in [0.2, 0.25) is 5.02 Å². The second-order valence-corrected chi connectivity index (χ2v) is 6.88. The van der Waals surface area contributed by atoms with Gasteiger partial charge in [0.1, 0.15) is 0 Å². The average Bonchev–Trinajstić information content (AvgIpc) is 2.76. The first-order valence-corrected chi connectivity index (χ1v) is 9.20. The predicted molar refractivity (Wildman–Crippen MR) is 115 cm³/mol. The van der Waals surface area contributed by atoms with Crippen molar-refractivity contribution in [2.75, 3.05) is 5.43 Å². The number of halogens is 1. The molecular weight excluding hydrogens is 426 g/mol. The van der Waals surface area contributed by atoms with E-state index in [-0.39, 0.29) is 5.56 Å². The number of rotatable bonds is 5. The fourth-order valence-electron chi connectivity index (χ4n) is 3.16. The molecule has 0 radical (unpaired) electrons. The molecular formula is C20H12ClN5O5. The standard InChI is InChI=1S/C20H12ClN5O5/c21-15-5-3-7-17-18(15)19(14-4-1-2-6-16(14)22-17)23-24-20(27)11-8-12(25(28)29)10-13(9-11)26(30)31/h1-10H,(H,22,23)(H,24,27). The molecule has 4 rings (SSSR count). The van der Waals surface area contributed by atoms with Crippen molar-refractivity contribution in [3.63, 3.8) is 0 Å². The Morgan fingerprint density at radius 3 is 2.23 bits per heavy atom. The van der Waals surface area contributed by atoms with Crippen molar-refractivity contribution in [3.8, 4) is 0 Å². The lowest BCUT2D eigenvalue weighted by atomic mass is 10.1. The van der Waals surface area contributed by atoms with E-state index in [1.807, 2.05) is 6.07 Å². The van der Waals surface area contributed by atoms with E-state index >= 15 is 0 Å². The smallest absolute Gasteiger partial charge is 0.277 e. The number of para-hydroxylation sites is 1. The molecule has 1 heterocycles. The van der Waals surface area contributed by atoms with Crippen molar-refractivity contribution in [2.24, 2.45) is 0 Å². The molecule has 0 aliphatic heterocycles. The number of hydrogen-bond donors (Lipinski definition) is 2. The molecule has 0 saturated heterocycles. The molecule has 0 atom stereocenters. The van der Waals surface area contributed by atoms with Crippen molar-refractivity contribution in [2.45, 2.75) is 0 Å². The largest absolute Gasteiger partial charge is 0.297 e. The maximum Gasteiger partial charge on any atom is 0.277 e. The molecule has 0 spiro atoms. The molecule has 31 heavy (non-hydrogen) atoms. The number of nitro benzene ring substituents is 2. The number of carbonyl (C=O) groups is 1. The van der Waals surface area contributed by atoms with Crippen molar-refractivity contribution in [1.82, 2.24) is 10.4 Å². The van der Waals surface area contributed by atoms with Crippen LogP contribution in [0.5, 0.6) is 0 Å². The van der Waals surface area contributed by atoms with Crippen molar-refractivity contribution >= 4 is 56.4 Å². The Balaban J connectivity index is 1.75. The second kappa shape index (κ2) is 7.84. The van der Waals surface area contributed by atoms with E-state index in [0.717, 1.165) is 18.2 Å². The number of pyridine rings is 1. The van der Waals surface area contributed by atoms with Gasteiger partial charge in [0, 0.05) is 22.9 Å². The highest BCUT2D eigenvalue weighted by atomic mass is 35.5. The van der Waals surface area contributed by atoms with E-state index < -0.39 is 27.1 Å². The fraction of sp³-hybridized carbons (Fsp3) is 0. The molecule has 0 aliphatic carbocycles. The van der Waals surface area contributed by atoms with Gasteiger partial charge in [0.15, 0.2) is 0 Å². The van der Waals surface area contributed by atoms with Crippen LogP contribution in [0.3, 0.4) is 0 Å². The first-order valence-electron chi connectivity index (χ1n) is 8.82. The molecule has 0 fully saturated rings. The SMILES string of the molecule is O=C(NNc1c2ccccc2nc2cccc(Cl)c12)c1cc([N+](=O)[O-])cc([N+](=O)[O-])c1. The first-order chi connectivity index (χ1) is 14.8. The number of fused-ring (bicyclic) bond motifs is 2. The topological polar surface area (TPSA) is 140 Å². The molecule has 4 aromatic rings. The summed E-state index contributed by atoms with van der Waals surface area (Å²) in [5.41, 5.74) is 5.58. The van der Waals surface area contributed by atoms with Gasteiger partial charge in [-0.25, -0.2) is 4.98 Å². The van der Waals surface area contributed by atoms with Gasteiger partial charge in [-0.2, -0.15) is 0 Å². The molecule has 1 amide bonds. The van der Waals surface area contributed by atoms with E-state index in [4.69, 9.17) is 11.6 Å². The molecule has 11 heteroatoms. The summed E-state index contributed by atoms with van der Waals surface area (Å²) in [6.45, 7) is 0. The molecule has 0 bridgehead atoms. The summed E-state index contributed by atoms with van der Waals surface area (Å²) in [5.74, 6) is -0.798. The van der Waals surface area contributed by atoms with Gasteiger partial charge in [-0.3, -0.25) is 35.9 Å². The van der Waals surface area contributed by atoms with Crippen molar-refractivity contribution in [3.05, 3.63) is 91.5 Å². The van der Waals surface area contributed by atoms with Gasteiger partial charge >= 0.3 is 0 Å². The Morgan fingerprint density at radius 2 is 1.55 bits per heavy atom. The van der Waals surface area contributed by atoms with Crippen LogP contribution < -0.4 is 10.9 Å². The van der Waals surface area contributed by atoms with Crippen LogP contribution in [0, 0.1) is 20.2 Å². The number of benzene rings is 3. The van der Waals surface area contributed by atoms with Crippen molar-refractivity contribution in [1.29, 1.82) is 0 Å².